The van der Waals surface area contributed by atoms with Crippen LogP contribution in [0.5, 0.6) is 5.75 Å². The van der Waals surface area contributed by atoms with Gasteiger partial charge in [0.25, 0.3) is 5.91 Å². The van der Waals surface area contributed by atoms with Gasteiger partial charge >= 0.3 is 6.03 Å². The number of pyridine rings is 1. The number of carbonyl (C=O) groups is 2. The third-order valence-electron chi connectivity index (χ3n) is 10.4. The molecule has 2 saturated heterocycles. The van der Waals surface area contributed by atoms with E-state index in [1.54, 1.807) is 17.1 Å². The van der Waals surface area contributed by atoms with Crippen LogP contribution in [0.15, 0.2) is 97.5 Å². The Morgan fingerprint density at radius 3 is 2.48 bits per heavy atom. The van der Waals surface area contributed by atoms with Crippen LogP contribution in [0.1, 0.15) is 65.2 Å². The first-order valence-corrected chi connectivity index (χ1v) is 19.0. The smallest absolute Gasteiger partial charge is 0.324 e. The van der Waals surface area contributed by atoms with Crippen LogP contribution in [0.2, 0.25) is 0 Å². The highest BCUT2D eigenvalue weighted by Crippen LogP contribution is 2.33. The Morgan fingerprint density at radius 1 is 0.875 bits per heavy atom. The Balaban J connectivity index is 0.00000220. The Labute approximate surface area is 330 Å². The summed E-state index contributed by atoms with van der Waals surface area (Å²) in [4.78, 5) is 44.3. The molecule has 0 spiro atoms. The summed E-state index contributed by atoms with van der Waals surface area (Å²) >= 11 is 0. The highest BCUT2D eigenvalue weighted by atomic mass is 16.5. The van der Waals surface area contributed by atoms with E-state index in [1.165, 1.54) is 12.6 Å². The Kier molecular flexibility index (Phi) is 10.1. The Bertz CT molecular complexity index is 2390. The number of rotatable bonds is 9. The average Bonchev–Trinajstić information content (AvgIpc) is 3.85. The predicted octanol–water partition coefficient (Wildman–Crippen LogP) is 8.44. The van der Waals surface area contributed by atoms with Gasteiger partial charge in [-0.3, -0.25) is 15.0 Å². The largest absolute Gasteiger partial charge is 0.488 e. The highest BCUT2D eigenvalue weighted by Gasteiger charge is 2.33. The van der Waals surface area contributed by atoms with Crippen LogP contribution >= 0.6 is 0 Å². The van der Waals surface area contributed by atoms with E-state index in [1.807, 2.05) is 90.7 Å². The first-order chi connectivity index (χ1) is 27.1. The molecule has 0 aliphatic carbocycles. The van der Waals surface area contributed by atoms with Crippen LogP contribution in [0, 0.1) is 6.92 Å². The topological polar surface area (TPSA) is 142 Å². The molecule has 3 aromatic heterocycles. The number of fused-ring (bicyclic) bond motifs is 2. The number of benzene rings is 3. The van der Waals surface area contributed by atoms with E-state index in [0.29, 0.717) is 47.2 Å². The molecule has 292 valence electrons. The average molecular weight is 757 g/mol. The molecule has 2 aliphatic heterocycles. The number of amides is 3. The Hall–Kier alpha value is -6.34. The summed E-state index contributed by atoms with van der Waals surface area (Å²) in [6, 6.07) is 25.3. The molecule has 1 atom stereocenters. The number of piperazine rings is 1. The number of nitrogens with one attached hydrogen (secondary N) is 3. The molecule has 0 saturated carbocycles. The van der Waals surface area contributed by atoms with Crippen molar-refractivity contribution in [1.82, 2.24) is 34.5 Å². The molecule has 13 heteroatoms. The molecular formula is C43H52N10O3. The maximum atomic E-state index is 13.5. The maximum absolute atomic E-state index is 13.5. The number of hydrogen-bond acceptors (Lipinski definition) is 9. The first-order valence-electron chi connectivity index (χ1n) is 19.0. The minimum absolute atomic E-state index is 0. The maximum Gasteiger partial charge on any atom is 0.324 e. The molecule has 0 bridgehead atoms. The summed E-state index contributed by atoms with van der Waals surface area (Å²) in [7, 11) is 0. The summed E-state index contributed by atoms with van der Waals surface area (Å²) in [5.74, 6) is 2.22. The van der Waals surface area contributed by atoms with Crippen molar-refractivity contribution in [2.45, 2.75) is 58.6 Å². The number of hydrogen-bond donors (Lipinski definition) is 3. The van der Waals surface area contributed by atoms with Gasteiger partial charge < -0.3 is 20.3 Å². The van der Waals surface area contributed by atoms with Crippen LogP contribution in [-0.2, 0) is 12.0 Å². The third kappa shape index (κ3) is 8.03. The van der Waals surface area contributed by atoms with Gasteiger partial charge in [0.1, 0.15) is 35.5 Å². The monoisotopic (exact) mass is 756 g/mol. The summed E-state index contributed by atoms with van der Waals surface area (Å²) in [6.45, 7) is 12.1. The number of aromatic nitrogens is 5. The van der Waals surface area contributed by atoms with Crippen LogP contribution in [0.25, 0.3) is 16.5 Å². The van der Waals surface area contributed by atoms with Crippen molar-refractivity contribution >= 4 is 45.9 Å². The number of anilines is 4. The van der Waals surface area contributed by atoms with Gasteiger partial charge in [-0.05, 0) is 68.3 Å². The summed E-state index contributed by atoms with van der Waals surface area (Å²) in [5.41, 5.74) is 4.52. The molecular weight excluding hydrogens is 705 g/mol. The van der Waals surface area contributed by atoms with Crippen LogP contribution in [0.4, 0.5) is 27.9 Å². The summed E-state index contributed by atoms with van der Waals surface area (Å²) in [5, 5.41) is 15.8. The van der Waals surface area contributed by atoms with Crippen molar-refractivity contribution in [2.24, 2.45) is 0 Å². The fourth-order valence-corrected chi connectivity index (χ4v) is 7.26. The fraction of sp³-hybridized carbons (Fsp3) is 0.302. The molecule has 3 N–H and O–H groups in total. The number of aryl methyl sites for hydroxylation is 1. The van der Waals surface area contributed by atoms with Crippen molar-refractivity contribution < 1.29 is 18.6 Å². The molecule has 3 amide bonds. The van der Waals surface area contributed by atoms with Crippen LogP contribution < -0.4 is 20.7 Å². The number of nitrogens with zero attached hydrogens (tertiary/aromatic N) is 7. The van der Waals surface area contributed by atoms with E-state index in [9.17, 15) is 9.59 Å². The van der Waals surface area contributed by atoms with Gasteiger partial charge in [-0.1, -0.05) is 62.7 Å². The minimum atomic E-state index is -0.386. The highest BCUT2D eigenvalue weighted by molar-refractivity contribution is 6.07. The van der Waals surface area contributed by atoms with Crippen LogP contribution in [0.3, 0.4) is 0 Å². The fourth-order valence-electron chi connectivity index (χ4n) is 7.26. The zero-order valence-corrected chi connectivity index (χ0v) is 32.1. The lowest BCUT2D eigenvalue weighted by molar-refractivity contribution is 0.0565. The second kappa shape index (κ2) is 15.4. The van der Waals surface area contributed by atoms with Gasteiger partial charge in [-0.2, -0.15) is 5.10 Å². The van der Waals surface area contributed by atoms with E-state index in [4.69, 9.17) is 9.84 Å². The second-order valence-electron chi connectivity index (χ2n) is 15.5. The SMILES string of the molecule is Cc1ccc(-n2nc(C(C)(C)C)cc2NC(=O)Nc2ccc(OCc3ccnc(Nc4cnc(C(=O)N5CCN6CCCC6C5)cn4)c3)c3ccccc23)cc1.[HH].[HH].[HH]. The molecule has 5 heterocycles. The molecule has 6 aromatic rings. The third-order valence-corrected chi connectivity index (χ3v) is 10.4. The number of carbonyl (C=O) groups excluding carboxylic acids is 2. The zero-order valence-electron chi connectivity index (χ0n) is 32.1. The standard InChI is InChI=1S/C43H46N10O3.3H2/c1-28-11-13-30(14-12-28)53-40(23-37(50-53)43(2,3)4)49-42(55)47-34-15-16-36(33-10-6-5-9-32(33)34)56-27-29-17-18-44-38(22-29)48-39-25-45-35(24-46-39)41(54)52-21-20-51-19-7-8-31(51)26-52;;;/h5-6,9-18,22-25,31H,7-8,19-21,26-27H2,1-4H3,(H,44,46,48)(H2,47,49,55);3*1H. The molecule has 13 nitrogen and oxygen atoms in total. The van der Waals surface area contributed by atoms with Crippen molar-refractivity contribution in [3.63, 3.8) is 0 Å². The van der Waals surface area contributed by atoms with E-state index in [2.05, 4.69) is 56.6 Å². The quantitative estimate of drug-likeness (QED) is 0.133. The lowest BCUT2D eigenvalue weighted by Gasteiger charge is -2.37. The van der Waals surface area contributed by atoms with Gasteiger partial charge in [-0.25, -0.2) is 24.4 Å². The van der Waals surface area contributed by atoms with Crippen molar-refractivity contribution in [2.75, 3.05) is 42.1 Å². The predicted molar refractivity (Wildman–Crippen MR) is 224 cm³/mol. The van der Waals surface area contributed by atoms with Crippen LogP contribution in [-0.4, -0.2) is 78.7 Å². The Morgan fingerprint density at radius 2 is 1.70 bits per heavy atom. The molecule has 8 rings (SSSR count). The number of urea groups is 1. The molecule has 1 unspecified atom stereocenters. The lowest BCUT2D eigenvalue weighted by Crippen LogP contribution is -2.52. The van der Waals surface area contributed by atoms with Gasteiger partial charge in [0, 0.05) is 58.4 Å². The summed E-state index contributed by atoms with van der Waals surface area (Å²) in [6.07, 6.45) is 7.12. The molecule has 0 radical (unpaired) electrons. The summed E-state index contributed by atoms with van der Waals surface area (Å²) < 4.78 is 8.09. The first kappa shape index (κ1) is 36.6. The minimum Gasteiger partial charge on any atom is -0.488 e. The van der Waals surface area contributed by atoms with Crippen molar-refractivity contribution in [3.8, 4) is 11.4 Å². The molecule has 3 aromatic carbocycles. The second-order valence-corrected chi connectivity index (χ2v) is 15.5. The number of ether oxygens (including phenoxy) is 1. The van der Waals surface area contributed by atoms with Gasteiger partial charge in [-0.15, -0.1) is 0 Å². The lowest BCUT2D eigenvalue weighted by atomic mass is 9.92. The molecule has 56 heavy (non-hydrogen) atoms. The van der Waals surface area contributed by atoms with E-state index < -0.39 is 0 Å². The van der Waals surface area contributed by atoms with Crippen molar-refractivity contribution in [3.05, 3.63) is 120 Å². The normalized spacial score (nSPS) is 15.7. The van der Waals surface area contributed by atoms with E-state index in [0.717, 1.165) is 59.3 Å². The molecule has 2 fully saturated rings. The van der Waals surface area contributed by atoms with Crippen molar-refractivity contribution in [1.29, 1.82) is 0 Å². The van der Waals surface area contributed by atoms with Gasteiger partial charge in [0.05, 0.1) is 29.5 Å². The zero-order chi connectivity index (χ0) is 38.8. The van der Waals surface area contributed by atoms with Gasteiger partial charge in [0.15, 0.2) is 0 Å². The molecule has 2 aliphatic rings. The van der Waals surface area contributed by atoms with E-state index in [-0.39, 0.29) is 28.2 Å². The van der Waals surface area contributed by atoms with Gasteiger partial charge in [0.2, 0.25) is 0 Å². The van der Waals surface area contributed by atoms with E-state index >= 15 is 0 Å².